The molecule has 94 valence electrons. The highest BCUT2D eigenvalue weighted by Gasteiger charge is 2.07. The summed E-state index contributed by atoms with van der Waals surface area (Å²) in [6.07, 6.45) is 0.835. The summed E-state index contributed by atoms with van der Waals surface area (Å²) in [4.78, 5) is 13.4. The first-order valence-electron chi connectivity index (χ1n) is 5.76. The summed E-state index contributed by atoms with van der Waals surface area (Å²) < 4.78 is 4.91. The van der Waals surface area contributed by atoms with Gasteiger partial charge in [-0.2, -0.15) is 0 Å². The van der Waals surface area contributed by atoms with Crippen LogP contribution in [0.2, 0.25) is 0 Å². The van der Waals surface area contributed by atoms with Gasteiger partial charge in [0, 0.05) is 33.9 Å². The van der Waals surface area contributed by atoms with Crippen molar-refractivity contribution in [2.75, 3.05) is 27.3 Å². The second-order valence-electron chi connectivity index (χ2n) is 3.92. The fourth-order valence-corrected chi connectivity index (χ4v) is 1.48. The van der Waals surface area contributed by atoms with Crippen molar-refractivity contribution in [3.63, 3.8) is 0 Å². The van der Waals surface area contributed by atoms with Crippen LogP contribution in [0.1, 0.15) is 12.0 Å². The Balaban J connectivity index is 2.27. The van der Waals surface area contributed by atoms with Crippen molar-refractivity contribution < 1.29 is 9.53 Å². The number of rotatable bonds is 6. The van der Waals surface area contributed by atoms with Crippen molar-refractivity contribution >= 4 is 6.03 Å². The smallest absolute Gasteiger partial charge is 0.317 e. The highest BCUT2D eigenvalue weighted by Crippen LogP contribution is 2.02. The summed E-state index contributed by atoms with van der Waals surface area (Å²) in [5.41, 5.74) is 1.13. The Morgan fingerprint density at radius 3 is 2.71 bits per heavy atom. The van der Waals surface area contributed by atoms with E-state index in [0.29, 0.717) is 19.7 Å². The maximum Gasteiger partial charge on any atom is 0.317 e. The van der Waals surface area contributed by atoms with E-state index in [9.17, 15) is 4.79 Å². The van der Waals surface area contributed by atoms with Crippen LogP contribution < -0.4 is 5.32 Å². The zero-order valence-electron chi connectivity index (χ0n) is 10.5. The lowest BCUT2D eigenvalue weighted by Gasteiger charge is -2.17. The average Bonchev–Trinajstić information content (AvgIpc) is 2.35. The molecule has 0 aliphatic heterocycles. The third kappa shape index (κ3) is 5.36. The molecule has 0 aromatic heterocycles. The summed E-state index contributed by atoms with van der Waals surface area (Å²) in [7, 11) is 3.45. The van der Waals surface area contributed by atoms with Gasteiger partial charge in [-0.25, -0.2) is 4.79 Å². The third-order valence-corrected chi connectivity index (χ3v) is 2.41. The van der Waals surface area contributed by atoms with Crippen molar-refractivity contribution in [2.45, 2.75) is 13.0 Å². The van der Waals surface area contributed by atoms with Crippen LogP contribution in [0, 0.1) is 0 Å². The lowest BCUT2D eigenvalue weighted by atomic mass is 10.2. The number of urea groups is 1. The van der Waals surface area contributed by atoms with E-state index in [-0.39, 0.29) is 6.03 Å². The lowest BCUT2D eigenvalue weighted by Crippen LogP contribution is -2.37. The molecule has 0 aliphatic carbocycles. The first kappa shape index (κ1) is 13.5. The van der Waals surface area contributed by atoms with E-state index < -0.39 is 0 Å². The minimum atomic E-state index is -0.0510. The van der Waals surface area contributed by atoms with Crippen LogP contribution in [-0.2, 0) is 11.3 Å². The number of nitrogens with zero attached hydrogens (tertiary/aromatic N) is 1. The Hall–Kier alpha value is -1.55. The van der Waals surface area contributed by atoms with Crippen LogP contribution in [0.3, 0.4) is 0 Å². The van der Waals surface area contributed by atoms with Gasteiger partial charge in [0.15, 0.2) is 0 Å². The first-order chi connectivity index (χ1) is 8.24. The summed E-state index contributed by atoms with van der Waals surface area (Å²) in [6.45, 7) is 1.94. The van der Waals surface area contributed by atoms with E-state index in [0.717, 1.165) is 12.0 Å². The molecule has 17 heavy (non-hydrogen) atoms. The third-order valence-electron chi connectivity index (χ3n) is 2.41. The number of hydrogen-bond acceptors (Lipinski definition) is 2. The molecular formula is C13H20N2O2. The summed E-state index contributed by atoms with van der Waals surface area (Å²) in [5.74, 6) is 0. The molecule has 1 N–H and O–H groups in total. The van der Waals surface area contributed by atoms with Gasteiger partial charge in [0.1, 0.15) is 0 Å². The Labute approximate surface area is 103 Å². The van der Waals surface area contributed by atoms with Crippen LogP contribution in [0.4, 0.5) is 4.79 Å². The summed E-state index contributed by atoms with van der Waals surface area (Å²) in [6, 6.07) is 9.88. The molecule has 0 spiro atoms. The second kappa shape index (κ2) is 7.68. The fraction of sp³-hybridized carbons (Fsp3) is 0.462. The predicted octanol–water partition coefficient (Wildman–Crippen LogP) is 1.86. The number of carbonyl (C=O) groups is 1. The van der Waals surface area contributed by atoms with Crippen LogP contribution in [0.5, 0.6) is 0 Å². The molecule has 0 aliphatic rings. The van der Waals surface area contributed by atoms with Gasteiger partial charge in [-0.05, 0) is 12.0 Å². The van der Waals surface area contributed by atoms with Gasteiger partial charge in [-0.3, -0.25) is 0 Å². The van der Waals surface area contributed by atoms with E-state index in [4.69, 9.17) is 4.74 Å². The van der Waals surface area contributed by atoms with Crippen LogP contribution >= 0.6 is 0 Å². The highest BCUT2D eigenvalue weighted by molar-refractivity contribution is 5.73. The largest absolute Gasteiger partial charge is 0.385 e. The zero-order valence-corrected chi connectivity index (χ0v) is 10.5. The molecule has 0 bridgehead atoms. The van der Waals surface area contributed by atoms with Crippen molar-refractivity contribution in [1.29, 1.82) is 0 Å². The Bertz CT molecular complexity index is 327. The first-order valence-corrected chi connectivity index (χ1v) is 5.76. The highest BCUT2D eigenvalue weighted by atomic mass is 16.5. The standard InChI is InChI=1S/C13H20N2O2/c1-15(11-12-7-4-3-5-8-12)13(16)14-9-6-10-17-2/h3-5,7-8H,6,9-11H2,1-2H3,(H,14,16). The van der Waals surface area contributed by atoms with Gasteiger partial charge in [-0.15, -0.1) is 0 Å². The average molecular weight is 236 g/mol. The number of nitrogens with one attached hydrogen (secondary N) is 1. The van der Waals surface area contributed by atoms with E-state index >= 15 is 0 Å². The topological polar surface area (TPSA) is 41.6 Å². The van der Waals surface area contributed by atoms with Crippen molar-refractivity contribution in [2.24, 2.45) is 0 Å². The molecule has 4 nitrogen and oxygen atoms in total. The van der Waals surface area contributed by atoms with Crippen molar-refractivity contribution in [3.8, 4) is 0 Å². The van der Waals surface area contributed by atoms with E-state index in [2.05, 4.69) is 5.32 Å². The van der Waals surface area contributed by atoms with Gasteiger partial charge in [0.2, 0.25) is 0 Å². The normalized spacial score (nSPS) is 10.0. The number of amides is 2. The van der Waals surface area contributed by atoms with Gasteiger partial charge < -0.3 is 15.0 Å². The maximum atomic E-state index is 11.7. The van der Waals surface area contributed by atoms with Crippen molar-refractivity contribution in [1.82, 2.24) is 10.2 Å². The fourth-order valence-electron chi connectivity index (χ4n) is 1.48. The molecule has 0 saturated heterocycles. The Morgan fingerprint density at radius 2 is 2.06 bits per heavy atom. The molecule has 2 amide bonds. The van der Waals surface area contributed by atoms with Gasteiger partial charge in [-0.1, -0.05) is 30.3 Å². The lowest BCUT2D eigenvalue weighted by molar-refractivity contribution is 0.188. The van der Waals surface area contributed by atoms with E-state index in [1.165, 1.54) is 0 Å². The maximum absolute atomic E-state index is 11.7. The van der Waals surface area contributed by atoms with Gasteiger partial charge in [0.05, 0.1) is 0 Å². The number of benzene rings is 1. The van der Waals surface area contributed by atoms with Crippen LogP contribution in [0.25, 0.3) is 0 Å². The summed E-state index contributed by atoms with van der Waals surface area (Å²) >= 11 is 0. The molecule has 0 atom stereocenters. The molecular weight excluding hydrogens is 216 g/mol. The minimum Gasteiger partial charge on any atom is -0.385 e. The second-order valence-corrected chi connectivity index (χ2v) is 3.92. The zero-order chi connectivity index (χ0) is 12.5. The van der Waals surface area contributed by atoms with Gasteiger partial charge >= 0.3 is 6.03 Å². The molecule has 4 heteroatoms. The van der Waals surface area contributed by atoms with E-state index in [1.54, 1.807) is 19.1 Å². The molecule has 1 aromatic carbocycles. The SMILES string of the molecule is COCCCNC(=O)N(C)Cc1ccccc1. The number of ether oxygens (including phenoxy) is 1. The molecule has 0 heterocycles. The van der Waals surface area contributed by atoms with Crippen LogP contribution in [0.15, 0.2) is 30.3 Å². The molecule has 0 radical (unpaired) electrons. The predicted molar refractivity (Wildman–Crippen MR) is 67.8 cm³/mol. The molecule has 1 aromatic rings. The van der Waals surface area contributed by atoms with Gasteiger partial charge in [0.25, 0.3) is 0 Å². The van der Waals surface area contributed by atoms with Crippen LogP contribution in [-0.4, -0.2) is 38.2 Å². The molecule has 0 saturated carbocycles. The Morgan fingerprint density at radius 1 is 1.35 bits per heavy atom. The molecule has 1 rings (SSSR count). The number of carbonyl (C=O) groups excluding carboxylic acids is 1. The monoisotopic (exact) mass is 236 g/mol. The van der Waals surface area contributed by atoms with Crippen molar-refractivity contribution in [3.05, 3.63) is 35.9 Å². The molecule has 0 unspecified atom stereocenters. The minimum absolute atomic E-state index is 0.0510. The molecule has 0 fully saturated rings. The number of hydrogen-bond donors (Lipinski definition) is 1. The number of methoxy groups -OCH3 is 1. The quantitative estimate of drug-likeness (QED) is 0.766. The Kier molecular flexibility index (Phi) is 6.10. The summed E-state index contributed by atoms with van der Waals surface area (Å²) in [5, 5.41) is 2.84. The van der Waals surface area contributed by atoms with E-state index in [1.807, 2.05) is 30.3 Å².